The number of carboxylic acid groups (broad SMARTS) is 1. The molecule has 28 heavy (non-hydrogen) atoms. The zero-order valence-corrected chi connectivity index (χ0v) is 17.0. The van der Waals surface area contributed by atoms with Crippen LogP contribution in [0.5, 0.6) is 0 Å². The zero-order chi connectivity index (χ0) is 19.9. The number of fused-ring (bicyclic) bond motifs is 1. The Labute approximate surface area is 169 Å². The summed E-state index contributed by atoms with van der Waals surface area (Å²) in [6, 6.07) is 16.5. The maximum absolute atomic E-state index is 11.9. The first-order valence-corrected chi connectivity index (χ1v) is 11.2. The van der Waals surface area contributed by atoms with Crippen molar-refractivity contribution in [3.8, 4) is 0 Å². The van der Waals surface area contributed by atoms with E-state index in [1.54, 1.807) is 0 Å². The van der Waals surface area contributed by atoms with Gasteiger partial charge in [0.25, 0.3) is 0 Å². The fourth-order valence-electron chi connectivity index (χ4n) is 3.93. The molecule has 3 unspecified atom stereocenters. The molecule has 0 aromatic heterocycles. The molecular weight excluding hydrogens is 372 g/mol. The van der Waals surface area contributed by atoms with E-state index in [1.165, 1.54) is 16.7 Å². The number of rotatable bonds is 8. The number of benzene rings is 2. The molecule has 0 fully saturated rings. The summed E-state index contributed by atoms with van der Waals surface area (Å²) in [5.41, 5.74) is 4.76. The first kappa shape index (κ1) is 20.6. The van der Waals surface area contributed by atoms with E-state index < -0.39 is 17.1 Å². The summed E-state index contributed by atoms with van der Waals surface area (Å²) in [6.45, 7) is 2.57. The van der Waals surface area contributed by atoms with Crippen molar-refractivity contribution in [2.75, 3.05) is 5.75 Å². The van der Waals surface area contributed by atoms with Crippen LogP contribution in [0.15, 0.2) is 48.5 Å². The first-order chi connectivity index (χ1) is 13.6. The number of hydrogen-bond donors (Lipinski definition) is 3. The lowest BCUT2D eigenvalue weighted by Crippen LogP contribution is -2.42. The van der Waals surface area contributed by atoms with Crippen molar-refractivity contribution < 1.29 is 14.1 Å². The van der Waals surface area contributed by atoms with E-state index >= 15 is 0 Å². The highest BCUT2D eigenvalue weighted by Crippen LogP contribution is 2.35. The number of hydrogen-bond acceptors (Lipinski definition) is 2. The maximum Gasteiger partial charge on any atom is 0.404 e. The second kappa shape index (κ2) is 9.85. The summed E-state index contributed by atoms with van der Waals surface area (Å²) in [5, 5.41) is 12.0. The van der Waals surface area contributed by atoms with Gasteiger partial charge in [-0.25, -0.2) is 13.7 Å². The van der Waals surface area contributed by atoms with E-state index in [2.05, 4.69) is 40.4 Å². The number of carbonyl (C=O) groups is 1. The van der Waals surface area contributed by atoms with Crippen LogP contribution >= 0.6 is 0 Å². The van der Waals surface area contributed by atoms with Gasteiger partial charge in [0.05, 0.1) is 11.0 Å². The van der Waals surface area contributed by atoms with Gasteiger partial charge in [-0.3, -0.25) is 0 Å². The lowest BCUT2D eigenvalue weighted by molar-refractivity contribution is 0.185. The molecule has 0 spiro atoms. The van der Waals surface area contributed by atoms with Gasteiger partial charge >= 0.3 is 6.09 Å². The Morgan fingerprint density at radius 3 is 2.68 bits per heavy atom. The summed E-state index contributed by atoms with van der Waals surface area (Å²) >= 11 is 0. The second-order valence-corrected chi connectivity index (χ2v) is 8.68. The lowest BCUT2D eigenvalue weighted by Gasteiger charge is -2.34. The van der Waals surface area contributed by atoms with Gasteiger partial charge in [0, 0.05) is 24.3 Å². The maximum atomic E-state index is 11.9. The summed E-state index contributed by atoms with van der Waals surface area (Å²) in [5.74, 6) is 0.731. The Balaban J connectivity index is 1.85. The Bertz CT molecular complexity index is 826. The highest BCUT2D eigenvalue weighted by atomic mass is 32.2. The van der Waals surface area contributed by atoms with E-state index in [1.807, 2.05) is 25.1 Å². The number of aryl methyl sites for hydroxylation is 1. The fraction of sp³-hybridized carbons (Fsp3) is 0.409. The van der Waals surface area contributed by atoms with E-state index in [-0.39, 0.29) is 12.0 Å². The Morgan fingerprint density at radius 1 is 1.18 bits per heavy atom. The number of amides is 1. The lowest BCUT2D eigenvalue weighted by atomic mass is 9.75. The molecule has 0 aliphatic heterocycles. The van der Waals surface area contributed by atoms with Gasteiger partial charge in [0.15, 0.2) is 0 Å². The molecule has 0 heterocycles. The van der Waals surface area contributed by atoms with Crippen LogP contribution in [0, 0.1) is 0 Å². The molecule has 3 rings (SSSR count). The van der Waals surface area contributed by atoms with Crippen LogP contribution in [0.25, 0.3) is 0 Å². The number of nitrogens with one attached hydrogen (secondary N) is 2. The Hall–Kier alpha value is -2.18. The molecule has 3 atom stereocenters. The van der Waals surface area contributed by atoms with Crippen molar-refractivity contribution in [1.82, 2.24) is 10.0 Å². The van der Waals surface area contributed by atoms with Crippen LogP contribution in [-0.4, -0.2) is 27.2 Å². The van der Waals surface area contributed by atoms with Crippen molar-refractivity contribution in [2.45, 2.75) is 51.1 Å². The van der Waals surface area contributed by atoms with Crippen LogP contribution in [-0.2, 0) is 30.4 Å². The molecule has 1 amide bonds. The smallest absolute Gasteiger partial charge is 0.404 e. The summed E-state index contributed by atoms with van der Waals surface area (Å²) in [6.07, 6.45) is 2.36. The van der Waals surface area contributed by atoms with Gasteiger partial charge in [-0.05, 0) is 47.9 Å². The van der Waals surface area contributed by atoms with Crippen molar-refractivity contribution in [3.63, 3.8) is 0 Å². The molecule has 0 bridgehead atoms. The van der Waals surface area contributed by atoms with Gasteiger partial charge in [-0.15, -0.1) is 0 Å². The SMILES string of the molecule is CCCS(=O)NCc1ccc2c(c1)C(Cc1ccccc1)C(NC(=O)O)CC2. The molecule has 6 heteroatoms. The van der Waals surface area contributed by atoms with Crippen LogP contribution in [0.3, 0.4) is 0 Å². The highest BCUT2D eigenvalue weighted by molar-refractivity contribution is 7.82. The topological polar surface area (TPSA) is 78.4 Å². The molecule has 2 aromatic carbocycles. The molecule has 1 aliphatic carbocycles. The van der Waals surface area contributed by atoms with Crippen LogP contribution in [0.1, 0.15) is 47.9 Å². The molecule has 150 valence electrons. The van der Waals surface area contributed by atoms with Crippen molar-refractivity contribution >= 4 is 17.1 Å². The van der Waals surface area contributed by atoms with E-state index in [0.717, 1.165) is 31.2 Å². The minimum Gasteiger partial charge on any atom is -0.465 e. The standard InChI is InChI=1S/C22H28N2O3S/c1-2-12-28(27)23-15-17-8-9-18-10-11-21(24-22(25)26)20(19(18)14-17)13-16-6-4-3-5-7-16/h3-9,14,20-21,23-24H,2,10-13,15H2,1H3,(H,25,26). The third-order valence-corrected chi connectivity index (χ3v) is 6.50. The third-order valence-electron chi connectivity index (χ3n) is 5.25. The van der Waals surface area contributed by atoms with Gasteiger partial charge in [0.1, 0.15) is 0 Å². The Kier molecular flexibility index (Phi) is 7.23. The largest absolute Gasteiger partial charge is 0.465 e. The minimum absolute atomic E-state index is 0.0864. The highest BCUT2D eigenvalue weighted by Gasteiger charge is 2.31. The molecule has 2 aromatic rings. The first-order valence-electron chi connectivity index (χ1n) is 9.83. The molecule has 5 nitrogen and oxygen atoms in total. The molecular formula is C22H28N2O3S. The van der Waals surface area contributed by atoms with Crippen LogP contribution in [0.4, 0.5) is 4.79 Å². The van der Waals surface area contributed by atoms with Crippen molar-refractivity contribution in [3.05, 3.63) is 70.8 Å². The monoisotopic (exact) mass is 400 g/mol. The van der Waals surface area contributed by atoms with Crippen LogP contribution < -0.4 is 10.0 Å². The summed E-state index contributed by atoms with van der Waals surface area (Å²) in [4.78, 5) is 11.3. The Morgan fingerprint density at radius 2 is 1.96 bits per heavy atom. The van der Waals surface area contributed by atoms with Gasteiger partial charge < -0.3 is 10.4 Å². The van der Waals surface area contributed by atoms with Crippen LogP contribution in [0.2, 0.25) is 0 Å². The average molecular weight is 401 g/mol. The molecule has 0 saturated heterocycles. The summed E-state index contributed by atoms with van der Waals surface area (Å²) < 4.78 is 15.0. The zero-order valence-electron chi connectivity index (χ0n) is 16.2. The second-order valence-electron chi connectivity index (χ2n) is 7.29. The van der Waals surface area contributed by atoms with Gasteiger partial charge in [0.2, 0.25) is 0 Å². The third kappa shape index (κ3) is 5.42. The summed E-state index contributed by atoms with van der Waals surface area (Å²) in [7, 11) is -1.02. The minimum atomic E-state index is -1.02. The predicted molar refractivity (Wildman–Crippen MR) is 113 cm³/mol. The molecule has 0 radical (unpaired) electrons. The van der Waals surface area contributed by atoms with E-state index in [9.17, 15) is 14.1 Å². The normalized spacial score (nSPS) is 19.6. The van der Waals surface area contributed by atoms with Crippen molar-refractivity contribution in [1.29, 1.82) is 0 Å². The average Bonchev–Trinajstić information content (AvgIpc) is 2.69. The molecule has 3 N–H and O–H groups in total. The van der Waals surface area contributed by atoms with Gasteiger partial charge in [-0.1, -0.05) is 55.5 Å². The van der Waals surface area contributed by atoms with E-state index in [0.29, 0.717) is 12.3 Å². The van der Waals surface area contributed by atoms with Gasteiger partial charge in [-0.2, -0.15) is 0 Å². The van der Waals surface area contributed by atoms with Crippen molar-refractivity contribution in [2.24, 2.45) is 0 Å². The quantitative estimate of drug-likeness (QED) is 0.631. The fourth-order valence-corrected chi connectivity index (χ4v) is 4.77. The predicted octanol–water partition coefficient (Wildman–Crippen LogP) is 3.76. The molecule has 1 aliphatic rings. The molecule has 0 saturated carbocycles. The van der Waals surface area contributed by atoms with E-state index in [4.69, 9.17) is 0 Å².